The summed E-state index contributed by atoms with van der Waals surface area (Å²) in [5.74, 6) is 1.59. The molecule has 0 saturated heterocycles. The fourth-order valence-electron chi connectivity index (χ4n) is 4.39. The van der Waals surface area contributed by atoms with Crippen LogP contribution in [-0.4, -0.2) is 34.8 Å². The number of hydrogen-bond acceptors (Lipinski definition) is 9. The second-order valence-corrected chi connectivity index (χ2v) is 8.02. The molecule has 0 aliphatic carbocycles. The molecule has 0 spiro atoms. The van der Waals surface area contributed by atoms with Gasteiger partial charge in [0.05, 0.1) is 35.8 Å². The monoisotopic (exact) mass is 476 g/mol. The zero-order chi connectivity index (χ0) is 24.7. The number of nitrogens with zero attached hydrogens (tertiary/aromatic N) is 4. The van der Waals surface area contributed by atoms with Crippen LogP contribution in [-0.2, 0) is 0 Å². The van der Waals surface area contributed by atoms with Crippen molar-refractivity contribution in [3.05, 3.63) is 97.6 Å². The van der Waals surface area contributed by atoms with Crippen LogP contribution < -0.4 is 14.2 Å². The van der Waals surface area contributed by atoms with Crippen molar-refractivity contribution in [1.29, 1.82) is 0 Å². The number of fused-ring (bicyclic) bond motifs is 3. The van der Waals surface area contributed by atoms with Crippen LogP contribution >= 0.6 is 0 Å². The quantitative estimate of drug-likeness (QED) is 0.368. The van der Waals surface area contributed by atoms with Crippen LogP contribution in [0.2, 0.25) is 0 Å². The lowest BCUT2D eigenvalue weighted by atomic mass is 9.95. The maximum absolute atomic E-state index is 11.4. The van der Waals surface area contributed by atoms with Gasteiger partial charge in [0.2, 0.25) is 6.23 Å². The van der Waals surface area contributed by atoms with E-state index in [2.05, 4.69) is 0 Å². The Morgan fingerprint density at radius 2 is 1.69 bits per heavy atom. The highest BCUT2D eigenvalue weighted by Crippen LogP contribution is 2.49. The summed E-state index contributed by atoms with van der Waals surface area (Å²) in [5.41, 5.74) is 2.56. The Labute approximate surface area is 199 Å². The molecule has 0 saturated carbocycles. The summed E-state index contributed by atoms with van der Waals surface area (Å²) in [6.45, 7) is 0. The van der Waals surface area contributed by atoms with E-state index in [1.165, 1.54) is 24.3 Å². The van der Waals surface area contributed by atoms with Crippen LogP contribution in [0.5, 0.6) is 17.2 Å². The fraction of sp³-hybridized carbons (Fsp3) is 0.208. The summed E-state index contributed by atoms with van der Waals surface area (Å²) >= 11 is 0. The van der Waals surface area contributed by atoms with E-state index in [9.17, 15) is 20.2 Å². The number of rotatable bonds is 6. The lowest BCUT2D eigenvalue weighted by molar-refractivity contribution is -0.385. The first-order chi connectivity index (χ1) is 16.9. The van der Waals surface area contributed by atoms with E-state index in [4.69, 9.17) is 19.3 Å². The number of nitro benzene ring substituents is 2. The van der Waals surface area contributed by atoms with E-state index in [-0.39, 0.29) is 17.4 Å². The highest BCUT2D eigenvalue weighted by Gasteiger charge is 2.42. The zero-order valence-electron chi connectivity index (χ0n) is 18.8. The van der Waals surface area contributed by atoms with Crippen molar-refractivity contribution >= 4 is 17.1 Å². The van der Waals surface area contributed by atoms with Crippen LogP contribution in [0, 0.1) is 20.2 Å². The molecule has 0 N–H and O–H groups in total. The first-order valence-corrected chi connectivity index (χ1v) is 10.7. The van der Waals surface area contributed by atoms with Gasteiger partial charge in [0, 0.05) is 47.4 Å². The number of hydrazone groups is 1. The lowest BCUT2D eigenvalue weighted by Gasteiger charge is -2.38. The molecule has 3 aromatic carbocycles. The number of nitro groups is 2. The van der Waals surface area contributed by atoms with E-state index in [1.54, 1.807) is 43.5 Å². The SMILES string of the molecule is COc1ccc(C2=NN3[C@H](C2)c2cc([N+](=O)[O-])ccc2O[C@H]3c2cccc([N+](=O)[O-])c2)cc1OC. The van der Waals surface area contributed by atoms with E-state index in [0.717, 1.165) is 5.56 Å². The van der Waals surface area contributed by atoms with Crippen molar-refractivity contribution in [2.24, 2.45) is 5.10 Å². The average molecular weight is 476 g/mol. The molecule has 0 unspecified atom stereocenters. The van der Waals surface area contributed by atoms with Crippen LogP contribution in [0.4, 0.5) is 11.4 Å². The molecule has 3 aromatic rings. The van der Waals surface area contributed by atoms with E-state index in [0.29, 0.717) is 40.5 Å². The van der Waals surface area contributed by atoms with E-state index in [1.807, 2.05) is 12.1 Å². The predicted octanol–water partition coefficient (Wildman–Crippen LogP) is 4.76. The number of non-ortho nitro benzene ring substituents is 2. The van der Waals surface area contributed by atoms with Crippen molar-refractivity contribution in [3.63, 3.8) is 0 Å². The largest absolute Gasteiger partial charge is 0.493 e. The van der Waals surface area contributed by atoms with E-state index < -0.39 is 16.1 Å². The van der Waals surface area contributed by atoms with Crippen LogP contribution in [0.15, 0.2) is 65.8 Å². The summed E-state index contributed by atoms with van der Waals surface area (Å²) in [6, 6.07) is 15.7. The van der Waals surface area contributed by atoms with Gasteiger partial charge in [0.1, 0.15) is 5.75 Å². The van der Waals surface area contributed by atoms with Crippen molar-refractivity contribution in [1.82, 2.24) is 5.01 Å². The second-order valence-electron chi connectivity index (χ2n) is 8.02. The fourth-order valence-corrected chi connectivity index (χ4v) is 4.39. The van der Waals surface area contributed by atoms with Gasteiger partial charge in [-0.25, -0.2) is 5.01 Å². The van der Waals surface area contributed by atoms with Crippen molar-refractivity contribution in [2.45, 2.75) is 18.7 Å². The van der Waals surface area contributed by atoms with Crippen molar-refractivity contribution in [3.8, 4) is 17.2 Å². The predicted molar refractivity (Wildman–Crippen MR) is 125 cm³/mol. The minimum Gasteiger partial charge on any atom is -0.493 e. The van der Waals surface area contributed by atoms with Gasteiger partial charge in [0.25, 0.3) is 11.4 Å². The molecular weight excluding hydrogens is 456 g/mol. The number of methoxy groups -OCH3 is 2. The highest BCUT2D eigenvalue weighted by atomic mass is 16.6. The Bertz CT molecular complexity index is 1370. The molecule has 11 heteroatoms. The maximum Gasteiger partial charge on any atom is 0.270 e. The van der Waals surface area contributed by atoms with Crippen LogP contribution in [0.3, 0.4) is 0 Å². The Hall–Kier alpha value is -4.67. The van der Waals surface area contributed by atoms with Gasteiger partial charge in [-0.1, -0.05) is 12.1 Å². The van der Waals surface area contributed by atoms with Gasteiger partial charge in [-0.15, -0.1) is 0 Å². The summed E-state index contributed by atoms with van der Waals surface area (Å²) in [5, 5.41) is 29.3. The van der Waals surface area contributed by atoms with Gasteiger partial charge >= 0.3 is 0 Å². The minimum absolute atomic E-state index is 0.0549. The number of benzene rings is 3. The highest BCUT2D eigenvalue weighted by molar-refractivity contribution is 6.02. The lowest BCUT2D eigenvalue weighted by Crippen LogP contribution is -2.33. The zero-order valence-corrected chi connectivity index (χ0v) is 18.8. The molecule has 2 heterocycles. The molecular formula is C24H20N4O7. The number of hydrogen-bond donors (Lipinski definition) is 0. The molecule has 0 aromatic heterocycles. The molecule has 5 rings (SSSR count). The molecule has 0 bridgehead atoms. The van der Waals surface area contributed by atoms with Gasteiger partial charge in [-0.3, -0.25) is 20.2 Å². The molecule has 0 radical (unpaired) electrons. The topological polar surface area (TPSA) is 130 Å². The molecule has 11 nitrogen and oxygen atoms in total. The summed E-state index contributed by atoms with van der Waals surface area (Å²) in [6.07, 6.45) is -0.315. The van der Waals surface area contributed by atoms with Gasteiger partial charge in [-0.05, 0) is 24.3 Å². The Morgan fingerprint density at radius 3 is 2.40 bits per heavy atom. The van der Waals surface area contributed by atoms with E-state index >= 15 is 0 Å². The summed E-state index contributed by atoms with van der Waals surface area (Å²) in [4.78, 5) is 21.8. The molecule has 178 valence electrons. The molecule has 2 atom stereocenters. The van der Waals surface area contributed by atoms with Gasteiger partial charge in [-0.2, -0.15) is 5.10 Å². The van der Waals surface area contributed by atoms with Gasteiger partial charge in [0.15, 0.2) is 11.5 Å². The van der Waals surface area contributed by atoms with Crippen molar-refractivity contribution in [2.75, 3.05) is 14.2 Å². The van der Waals surface area contributed by atoms with Crippen LogP contribution in [0.25, 0.3) is 0 Å². The van der Waals surface area contributed by atoms with Gasteiger partial charge < -0.3 is 14.2 Å². The van der Waals surface area contributed by atoms with Crippen LogP contribution in [0.1, 0.15) is 35.4 Å². The molecule has 0 fully saturated rings. The molecule has 2 aliphatic rings. The Kier molecular flexibility index (Phi) is 5.44. The summed E-state index contributed by atoms with van der Waals surface area (Å²) in [7, 11) is 3.10. The average Bonchev–Trinajstić information content (AvgIpc) is 3.33. The normalized spacial score (nSPS) is 18.1. The Balaban J connectivity index is 1.61. The standard InChI is InChI=1S/C24H20N4O7/c1-33-22-8-6-14(11-23(22)34-2)19-13-20-18-12-17(28(31)32)7-9-21(18)35-24(26(20)25-19)15-4-3-5-16(10-15)27(29)30/h3-12,20,24H,13H2,1-2H3/t20-,24+/m1/s1. The first-order valence-electron chi connectivity index (χ1n) is 10.7. The Morgan fingerprint density at radius 1 is 0.943 bits per heavy atom. The van der Waals surface area contributed by atoms with Crippen molar-refractivity contribution < 1.29 is 24.1 Å². The smallest absolute Gasteiger partial charge is 0.270 e. The molecule has 2 aliphatic heterocycles. The first kappa shape index (κ1) is 22.1. The number of ether oxygens (including phenoxy) is 3. The third-order valence-corrected chi connectivity index (χ3v) is 6.07. The third kappa shape index (κ3) is 3.86. The summed E-state index contributed by atoms with van der Waals surface area (Å²) < 4.78 is 16.9. The minimum atomic E-state index is -0.758. The maximum atomic E-state index is 11.4. The third-order valence-electron chi connectivity index (χ3n) is 6.07. The second kappa shape index (κ2) is 8.60. The molecule has 35 heavy (non-hydrogen) atoms. The molecule has 0 amide bonds.